The van der Waals surface area contributed by atoms with E-state index < -0.39 is 5.54 Å². The number of nitrogens with zero attached hydrogens (tertiary/aromatic N) is 1. The molecule has 1 atom stereocenters. The summed E-state index contributed by atoms with van der Waals surface area (Å²) in [6.45, 7) is 5.87. The van der Waals surface area contributed by atoms with Crippen LogP contribution in [0.15, 0.2) is 0 Å². The molecule has 0 saturated carbocycles. The van der Waals surface area contributed by atoms with E-state index in [4.69, 9.17) is 9.68 Å². The van der Waals surface area contributed by atoms with Crippen LogP contribution in [0.1, 0.15) is 27.2 Å². The second kappa shape index (κ2) is 4.25. The van der Waals surface area contributed by atoms with E-state index in [2.05, 4.69) is 4.74 Å². The highest BCUT2D eigenvalue weighted by Gasteiger charge is 2.40. The second-order valence-corrected chi connectivity index (χ2v) is 3.85. The van der Waals surface area contributed by atoms with Gasteiger partial charge in [0.25, 0.3) is 0 Å². The molecule has 1 aliphatic heterocycles. The fourth-order valence-corrected chi connectivity index (χ4v) is 1.17. The number of rotatable bonds is 2. The number of carbonyl (C=O) groups excluding carboxylic acids is 1. The minimum Gasteiger partial charge on any atom is -0.468 e. The first-order chi connectivity index (χ1) is 6.48. The summed E-state index contributed by atoms with van der Waals surface area (Å²) in [4.78, 5) is 22.0. The molecular formula is C9H17NO4. The average Bonchev–Trinajstić information content (AvgIpc) is 2.16. The summed E-state index contributed by atoms with van der Waals surface area (Å²) < 4.78 is 4.66. The monoisotopic (exact) mass is 203 g/mol. The smallest absolute Gasteiger partial charge is 0.330 e. The fraction of sp³-hybridized carbons (Fsp3) is 0.889. The molecule has 1 rings (SSSR count). The summed E-state index contributed by atoms with van der Waals surface area (Å²) >= 11 is 0. The topological polar surface area (TPSA) is 48.0 Å². The lowest BCUT2D eigenvalue weighted by molar-refractivity contribution is -0.440. The Balaban J connectivity index is 2.66. The van der Waals surface area contributed by atoms with Gasteiger partial charge in [0.1, 0.15) is 0 Å². The van der Waals surface area contributed by atoms with Crippen LogP contribution in [0.5, 0.6) is 0 Å². The maximum absolute atomic E-state index is 11.4. The third-order valence-corrected chi connectivity index (χ3v) is 2.15. The van der Waals surface area contributed by atoms with Crippen LogP contribution >= 0.6 is 0 Å². The van der Waals surface area contributed by atoms with Gasteiger partial charge in [-0.15, -0.1) is 0 Å². The Labute approximate surface area is 83.8 Å². The molecule has 0 aromatic heterocycles. The summed E-state index contributed by atoms with van der Waals surface area (Å²) in [5, 5.41) is 1.23. The van der Waals surface area contributed by atoms with Crippen molar-refractivity contribution in [2.75, 3.05) is 13.7 Å². The van der Waals surface area contributed by atoms with Gasteiger partial charge in [0, 0.05) is 6.42 Å². The first kappa shape index (κ1) is 11.4. The van der Waals surface area contributed by atoms with Gasteiger partial charge in [-0.3, -0.25) is 9.68 Å². The van der Waals surface area contributed by atoms with Crippen LogP contribution in [0.3, 0.4) is 0 Å². The summed E-state index contributed by atoms with van der Waals surface area (Å²) in [5.74, 6) is -0.383. The lowest BCUT2D eigenvalue weighted by Crippen LogP contribution is -2.53. The van der Waals surface area contributed by atoms with Gasteiger partial charge in [0.15, 0.2) is 5.54 Å². The number of esters is 1. The van der Waals surface area contributed by atoms with Crippen LogP contribution in [-0.4, -0.2) is 36.6 Å². The zero-order chi connectivity index (χ0) is 10.8. The van der Waals surface area contributed by atoms with Gasteiger partial charge >= 0.3 is 5.97 Å². The van der Waals surface area contributed by atoms with Crippen molar-refractivity contribution in [1.29, 1.82) is 0 Å². The number of carbonyl (C=O) groups is 1. The van der Waals surface area contributed by atoms with Crippen LogP contribution in [0.25, 0.3) is 0 Å². The molecule has 0 bridgehead atoms. The van der Waals surface area contributed by atoms with Crippen molar-refractivity contribution in [2.45, 2.75) is 38.8 Å². The Kier molecular flexibility index (Phi) is 3.47. The van der Waals surface area contributed by atoms with Gasteiger partial charge < -0.3 is 4.74 Å². The van der Waals surface area contributed by atoms with Gasteiger partial charge in [0.05, 0.1) is 19.8 Å². The molecule has 5 heteroatoms. The van der Waals surface area contributed by atoms with Crippen LogP contribution in [-0.2, 0) is 19.2 Å². The maximum Gasteiger partial charge on any atom is 0.330 e. The van der Waals surface area contributed by atoms with Crippen molar-refractivity contribution in [3.63, 3.8) is 0 Å². The highest BCUT2D eigenvalue weighted by Crippen LogP contribution is 2.22. The molecular weight excluding hydrogens is 186 g/mol. The summed E-state index contributed by atoms with van der Waals surface area (Å²) in [5.41, 5.74) is -0.913. The minimum atomic E-state index is -0.913. The highest BCUT2D eigenvalue weighted by molar-refractivity contribution is 5.79. The summed E-state index contributed by atoms with van der Waals surface area (Å²) in [6, 6.07) is 0. The Morgan fingerprint density at radius 1 is 1.57 bits per heavy atom. The maximum atomic E-state index is 11.4. The Morgan fingerprint density at radius 2 is 2.21 bits per heavy atom. The molecule has 82 valence electrons. The van der Waals surface area contributed by atoms with Gasteiger partial charge in [-0.1, -0.05) is 0 Å². The second-order valence-electron chi connectivity index (χ2n) is 3.85. The molecule has 14 heavy (non-hydrogen) atoms. The normalized spacial score (nSPS) is 24.7. The van der Waals surface area contributed by atoms with E-state index in [0.29, 0.717) is 6.61 Å². The Morgan fingerprint density at radius 3 is 2.71 bits per heavy atom. The molecule has 0 radical (unpaired) electrons. The van der Waals surface area contributed by atoms with E-state index in [1.165, 1.54) is 12.3 Å². The van der Waals surface area contributed by atoms with Crippen molar-refractivity contribution in [1.82, 2.24) is 5.23 Å². The molecule has 1 saturated heterocycles. The fourth-order valence-electron chi connectivity index (χ4n) is 1.17. The third-order valence-electron chi connectivity index (χ3n) is 2.15. The van der Waals surface area contributed by atoms with Crippen molar-refractivity contribution < 1.29 is 19.2 Å². The van der Waals surface area contributed by atoms with Crippen LogP contribution in [0, 0.1) is 0 Å². The van der Waals surface area contributed by atoms with Gasteiger partial charge in [-0.25, -0.2) is 4.79 Å². The third kappa shape index (κ3) is 2.23. The largest absolute Gasteiger partial charge is 0.468 e. The highest BCUT2D eigenvalue weighted by atomic mass is 17.0. The molecule has 5 nitrogen and oxygen atoms in total. The predicted octanol–water partition coefficient (Wildman–Crippen LogP) is 0.895. The standard InChI is InChI=1S/C9H17NO4/c1-7-5-6-13-10(14-7)9(2,3)8(11)12-4/h7H,5-6H2,1-4H3. The van der Waals surface area contributed by atoms with Crippen molar-refractivity contribution in [3.8, 4) is 0 Å². The molecule has 0 amide bonds. The van der Waals surface area contributed by atoms with Crippen molar-refractivity contribution in [2.24, 2.45) is 0 Å². The summed E-state index contributed by atoms with van der Waals surface area (Å²) in [7, 11) is 1.34. The number of ether oxygens (including phenoxy) is 1. The molecule has 0 aromatic carbocycles. The van der Waals surface area contributed by atoms with E-state index in [-0.39, 0.29) is 12.1 Å². The molecule has 0 N–H and O–H groups in total. The molecule has 0 aliphatic carbocycles. The van der Waals surface area contributed by atoms with E-state index in [0.717, 1.165) is 6.42 Å². The van der Waals surface area contributed by atoms with Crippen molar-refractivity contribution in [3.05, 3.63) is 0 Å². The minimum absolute atomic E-state index is 0.0627. The first-order valence-corrected chi connectivity index (χ1v) is 4.67. The lowest BCUT2D eigenvalue weighted by Gasteiger charge is -2.38. The van der Waals surface area contributed by atoms with E-state index >= 15 is 0 Å². The average molecular weight is 203 g/mol. The molecule has 1 fully saturated rings. The number of hydrogen-bond acceptors (Lipinski definition) is 5. The number of methoxy groups -OCH3 is 1. The zero-order valence-electron chi connectivity index (χ0n) is 9.07. The quantitative estimate of drug-likeness (QED) is 0.624. The molecule has 1 heterocycles. The van der Waals surface area contributed by atoms with Crippen LogP contribution in [0.2, 0.25) is 0 Å². The van der Waals surface area contributed by atoms with E-state index in [9.17, 15) is 4.79 Å². The predicted molar refractivity (Wildman–Crippen MR) is 49.1 cm³/mol. The van der Waals surface area contributed by atoms with Crippen LogP contribution in [0.4, 0.5) is 0 Å². The number of hydrogen-bond donors (Lipinski definition) is 0. The van der Waals surface area contributed by atoms with Gasteiger partial charge in [-0.2, -0.15) is 0 Å². The Bertz CT molecular complexity index is 217. The Hall–Kier alpha value is -0.650. The molecule has 1 aliphatic rings. The van der Waals surface area contributed by atoms with Gasteiger partial charge in [0.2, 0.25) is 0 Å². The lowest BCUT2D eigenvalue weighted by atomic mass is 10.1. The molecule has 1 unspecified atom stereocenters. The van der Waals surface area contributed by atoms with E-state index in [1.807, 2.05) is 6.92 Å². The van der Waals surface area contributed by atoms with E-state index in [1.54, 1.807) is 13.8 Å². The number of hydroxylamine groups is 2. The van der Waals surface area contributed by atoms with Crippen molar-refractivity contribution >= 4 is 5.97 Å². The molecule has 0 aromatic rings. The van der Waals surface area contributed by atoms with Crippen LogP contribution < -0.4 is 0 Å². The summed E-state index contributed by atoms with van der Waals surface area (Å²) in [6.07, 6.45) is 0.890. The van der Waals surface area contributed by atoms with Gasteiger partial charge in [-0.05, 0) is 26.0 Å². The zero-order valence-corrected chi connectivity index (χ0v) is 9.07. The molecule has 0 spiro atoms. The SMILES string of the molecule is COC(=O)C(C)(C)N1OCCC(C)O1. The first-order valence-electron chi connectivity index (χ1n) is 4.67.